The van der Waals surface area contributed by atoms with Crippen LogP contribution in [0.1, 0.15) is 36.5 Å². The Labute approximate surface area is 147 Å². The van der Waals surface area contributed by atoms with E-state index in [0.717, 1.165) is 28.8 Å². The van der Waals surface area contributed by atoms with Crippen LogP contribution >= 0.6 is 0 Å². The Morgan fingerprint density at radius 1 is 1.12 bits per heavy atom. The van der Waals surface area contributed by atoms with Gasteiger partial charge in [0.15, 0.2) is 0 Å². The lowest BCUT2D eigenvalue weighted by Crippen LogP contribution is -2.39. The molecular formula is C20H23N3O2. The quantitative estimate of drug-likeness (QED) is 0.796. The van der Waals surface area contributed by atoms with Gasteiger partial charge in [0.25, 0.3) is 0 Å². The normalized spacial score (nSPS) is 14.6. The van der Waals surface area contributed by atoms with Gasteiger partial charge in [-0.1, -0.05) is 25.1 Å². The molecule has 5 heteroatoms. The predicted molar refractivity (Wildman–Crippen MR) is 96.9 cm³/mol. The lowest BCUT2D eigenvalue weighted by molar-refractivity contribution is -0.134. The molecule has 25 heavy (non-hydrogen) atoms. The fourth-order valence-electron chi connectivity index (χ4n) is 2.97. The van der Waals surface area contributed by atoms with Gasteiger partial charge < -0.3 is 10.6 Å². The fourth-order valence-corrected chi connectivity index (χ4v) is 2.97. The smallest absolute Gasteiger partial charge is 0.240 e. The van der Waals surface area contributed by atoms with Crippen molar-refractivity contribution < 1.29 is 9.59 Å². The van der Waals surface area contributed by atoms with Gasteiger partial charge in [0.05, 0.1) is 0 Å². The minimum atomic E-state index is -0.930. The number of nitrogens with zero attached hydrogens (tertiary/aromatic N) is 1. The van der Waals surface area contributed by atoms with Crippen LogP contribution < -0.4 is 10.6 Å². The number of carbonyl (C=O) groups excluding carboxylic acids is 2. The highest BCUT2D eigenvalue weighted by molar-refractivity contribution is 6.13. The summed E-state index contributed by atoms with van der Waals surface area (Å²) in [5, 5.41) is 5.89. The molecule has 5 nitrogen and oxygen atoms in total. The molecular weight excluding hydrogens is 314 g/mol. The van der Waals surface area contributed by atoms with Crippen LogP contribution in [0.4, 0.5) is 5.69 Å². The molecule has 1 aromatic carbocycles. The Morgan fingerprint density at radius 2 is 1.84 bits per heavy atom. The Bertz CT molecular complexity index is 783. The van der Waals surface area contributed by atoms with E-state index in [-0.39, 0.29) is 11.8 Å². The van der Waals surface area contributed by atoms with Gasteiger partial charge in [0.1, 0.15) is 5.41 Å². The van der Waals surface area contributed by atoms with Crippen molar-refractivity contribution in [1.29, 1.82) is 0 Å². The number of para-hydroxylation sites is 1. The minimum absolute atomic E-state index is 0.201. The number of aryl methyl sites for hydroxylation is 2. The minimum Gasteiger partial charge on any atom is -0.351 e. The molecule has 1 saturated carbocycles. The second-order valence-corrected chi connectivity index (χ2v) is 6.54. The molecule has 2 aromatic rings. The molecule has 1 aromatic heterocycles. The third-order valence-electron chi connectivity index (χ3n) is 4.80. The molecule has 1 fully saturated rings. The Hall–Kier alpha value is -2.69. The summed E-state index contributed by atoms with van der Waals surface area (Å²) in [4.78, 5) is 29.3. The number of benzene rings is 1. The Kier molecular flexibility index (Phi) is 4.83. The number of pyridine rings is 1. The molecule has 1 aliphatic rings. The van der Waals surface area contributed by atoms with Crippen molar-refractivity contribution in [3.05, 3.63) is 59.4 Å². The van der Waals surface area contributed by atoms with Crippen LogP contribution in [0.3, 0.4) is 0 Å². The lowest BCUT2D eigenvalue weighted by Gasteiger charge is -2.18. The van der Waals surface area contributed by atoms with Crippen molar-refractivity contribution in [2.75, 3.05) is 5.32 Å². The summed E-state index contributed by atoms with van der Waals surface area (Å²) in [6.45, 7) is 4.43. The van der Waals surface area contributed by atoms with E-state index >= 15 is 0 Å². The van der Waals surface area contributed by atoms with Crippen LogP contribution in [0.25, 0.3) is 0 Å². The number of rotatable bonds is 6. The van der Waals surface area contributed by atoms with E-state index in [2.05, 4.69) is 22.5 Å². The largest absolute Gasteiger partial charge is 0.351 e. The zero-order valence-corrected chi connectivity index (χ0v) is 14.6. The van der Waals surface area contributed by atoms with Crippen LogP contribution in [0.5, 0.6) is 0 Å². The summed E-state index contributed by atoms with van der Waals surface area (Å²) < 4.78 is 0. The highest BCUT2D eigenvalue weighted by atomic mass is 16.2. The number of amides is 2. The third kappa shape index (κ3) is 3.55. The van der Waals surface area contributed by atoms with E-state index in [1.807, 2.05) is 37.3 Å². The van der Waals surface area contributed by atoms with Gasteiger partial charge in [-0.05, 0) is 55.0 Å². The molecule has 0 bridgehead atoms. The maximum absolute atomic E-state index is 12.8. The van der Waals surface area contributed by atoms with Crippen molar-refractivity contribution in [3.8, 4) is 0 Å². The summed E-state index contributed by atoms with van der Waals surface area (Å²) >= 11 is 0. The average Bonchev–Trinajstić information content (AvgIpc) is 3.44. The van der Waals surface area contributed by atoms with Crippen LogP contribution in [0, 0.1) is 12.3 Å². The van der Waals surface area contributed by atoms with Crippen molar-refractivity contribution >= 4 is 17.5 Å². The SMILES string of the molecule is CCc1cccc(C)c1NC(=O)C1(C(=O)NCc2ccncc2)CC1. The second-order valence-electron chi connectivity index (χ2n) is 6.54. The summed E-state index contributed by atoms with van der Waals surface area (Å²) in [7, 11) is 0. The zero-order chi connectivity index (χ0) is 17.9. The molecule has 1 heterocycles. The van der Waals surface area contributed by atoms with Gasteiger partial charge in [-0.2, -0.15) is 0 Å². The van der Waals surface area contributed by atoms with Crippen molar-refractivity contribution in [2.45, 2.75) is 39.7 Å². The van der Waals surface area contributed by atoms with Crippen molar-refractivity contribution in [1.82, 2.24) is 10.3 Å². The first kappa shape index (κ1) is 17.1. The highest BCUT2D eigenvalue weighted by Gasteiger charge is 2.56. The van der Waals surface area contributed by atoms with Crippen molar-refractivity contribution in [3.63, 3.8) is 0 Å². The van der Waals surface area contributed by atoms with Gasteiger partial charge in [0, 0.05) is 24.6 Å². The van der Waals surface area contributed by atoms with Gasteiger partial charge in [-0.15, -0.1) is 0 Å². The van der Waals surface area contributed by atoms with E-state index in [1.54, 1.807) is 12.4 Å². The number of hydrogen-bond donors (Lipinski definition) is 2. The van der Waals surface area contributed by atoms with Crippen LogP contribution in [-0.4, -0.2) is 16.8 Å². The molecule has 0 radical (unpaired) electrons. The maximum atomic E-state index is 12.8. The molecule has 130 valence electrons. The van der Waals surface area contributed by atoms with E-state index < -0.39 is 5.41 Å². The molecule has 2 amide bonds. The van der Waals surface area contributed by atoms with Crippen LogP contribution in [0.15, 0.2) is 42.7 Å². The molecule has 2 N–H and O–H groups in total. The topological polar surface area (TPSA) is 71.1 Å². The van der Waals surface area contributed by atoms with Crippen LogP contribution in [0.2, 0.25) is 0 Å². The molecule has 0 unspecified atom stereocenters. The first-order chi connectivity index (χ1) is 12.1. The van der Waals surface area contributed by atoms with Gasteiger partial charge >= 0.3 is 0 Å². The van der Waals surface area contributed by atoms with E-state index in [0.29, 0.717) is 19.4 Å². The summed E-state index contributed by atoms with van der Waals surface area (Å²) in [5.74, 6) is -0.405. The maximum Gasteiger partial charge on any atom is 0.240 e. The second kappa shape index (κ2) is 7.05. The standard InChI is InChI=1S/C20H23N3O2/c1-3-16-6-4-5-14(2)17(16)23-19(25)20(9-10-20)18(24)22-13-15-7-11-21-12-8-15/h4-8,11-12H,3,9-10,13H2,1-2H3,(H,22,24)(H,23,25). The third-order valence-corrected chi connectivity index (χ3v) is 4.80. The summed E-state index contributed by atoms with van der Waals surface area (Å²) in [6.07, 6.45) is 5.39. The molecule has 0 atom stereocenters. The number of aromatic nitrogens is 1. The van der Waals surface area contributed by atoms with Gasteiger partial charge in [0.2, 0.25) is 11.8 Å². The van der Waals surface area contributed by atoms with E-state index in [1.165, 1.54) is 0 Å². The van der Waals surface area contributed by atoms with E-state index in [9.17, 15) is 9.59 Å². The molecule has 0 saturated heterocycles. The Balaban J connectivity index is 1.68. The lowest BCUT2D eigenvalue weighted by atomic mass is 10.0. The Morgan fingerprint density at radius 3 is 2.48 bits per heavy atom. The zero-order valence-electron chi connectivity index (χ0n) is 14.6. The number of hydrogen-bond acceptors (Lipinski definition) is 3. The molecule has 3 rings (SSSR count). The van der Waals surface area contributed by atoms with Crippen molar-refractivity contribution in [2.24, 2.45) is 5.41 Å². The monoisotopic (exact) mass is 337 g/mol. The first-order valence-electron chi connectivity index (χ1n) is 8.64. The number of carbonyl (C=O) groups is 2. The molecule has 1 aliphatic carbocycles. The summed E-state index contributed by atoms with van der Waals surface area (Å²) in [6, 6.07) is 9.66. The number of nitrogens with one attached hydrogen (secondary N) is 2. The van der Waals surface area contributed by atoms with Crippen LogP contribution in [-0.2, 0) is 22.6 Å². The highest BCUT2D eigenvalue weighted by Crippen LogP contribution is 2.47. The molecule has 0 spiro atoms. The first-order valence-corrected chi connectivity index (χ1v) is 8.64. The predicted octanol–water partition coefficient (Wildman–Crippen LogP) is 2.99. The average molecular weight is 337 g/mol. The van der Waals surface area contributed by atoms with Gasteiger partial charge in [-0.25, -0.2) is 0 Å². The summed E-state index contributed by atoms with van der Waals surface area (Å²) in [5.41, 5.74) is 2.97. The molecule has 0 aliphatic heterocycles. The van der Waals surface area contributed by atoms with E-state index in [4.69, 9.17) is 0 Å². The fraction of sp³-hybridized carbons (Fsp3) is 0.350. The number of anilines is 1. The van der Waals surface area contributed by atoms with Gasteiger partial charge in [-0.3, -0.25) is 14.6 Å².